The fraction of sp³-hybridized carbons (Fsp3) is 0.500. The molecule has 1 saturated heterocycles. The molecule has 1 aliphatic rings. The highest BCUT2D eigenvalue weighted by atomic mass is 35.5. The predicted molar refractivity (Wildman–Crippen MR) is 81.5 cm³/mol. The standard InChI is InChI=1S/C14H18ClNO5S/c1-10-8-11(2-3-12(10)15)22(19,20)16-14(9-13(17)18)4-6-21-7-5-14/h2-3,8,16H,4-7,9H2,1H3,(H,17,18). The van der Waals surface area contributed by atoms with Gasteiger partial charge in [-0.15, -0.1) is 0 Å². The number of rotatable bonds is 5. The number of carboxylic acid groups (broad SMARTS) is 1. The Hall–Kier alpha value is -1.15. The molecule has 0 saturated carbocycles. The van der Waals surface area contributed by atoms with Crippen LogP contribution in [0.5, 0.6) is 0 Å². The van der Waals surface area contributed by atoms with Crippen LogP contribution in [0, 0.1) is 6.92 Å². The largest absolute Gasteiger partial charge is 0.481 e. The van der Waals surface area contributed by atoms with Crippen molar-refractivity contribution in [2.75, 3.05) is 13.2 Å². The first-order valence-corrected chi connectivity index (χ1v) is 8.70. The zero-order chi connectivity index (χ0) is 16.4. The SMILES string of the molecule is Cc1cc(S(=O)(=O)NC2(CC(=O)O)CCOCC2)ccc1Cl. The van der Waals surface area contributed by atoms with E-state index in [0.717, 1.165) is 0 Å². The topological polar surface area (TPSA) is 92.7 Å². The number of halogens is 1. The predicted octanol–water partition coefficient (Wildman–Crippen LogP) is 1.95. The molecule has 1 aromatic carbocycles. The Morgan fingerprint density at radius 2 is 2.05 bits per heavy atom. The molecule has 1 aromatic rings. The Labute approximate surface area is 134 Å². The minimum Gasteiger partial charge on any atom is -0.481 e. The molecule has 0 spiro atoms. The Morgan fingerprint density at radius 3 is 2.59 bits per heavy atom. The highest BCUT2D eigenvalue weighted by Crippen LogP contribution is 2.28. The molecule has 1 aliphatic heterocycles. The number of aryl methyl sites for hydroxylation is 1. The lowest BCUT2D eigenvalue weighted by molar-refractivity contribution is -0.139. The average molecular weight is 348 g/mol. The fourth-order valence-corrected chi connectivity index (χ4v) is 4.16. The highest BCUT2D eigenvalue weighted by Gasteiger charge is 2.39. The van der Waals surface area contributed by atoms with Gasteiger partial charge in [0, 0.05) is 23.8 Å². The number of hydrogen-bond donors (Lipinski definition) is 2. The molecule has 2 N–H and O–H groups in total. The molecule has 6 nitrogen and oxygen atoms in total. The van der Waals surface area contributed by atoms with Gasteiger partial charge in [0.1, 0.15) is 0 Å². The van der Waals surface area contributed by atoms with Crippen molar-refractivity contribution < 1.29 is 23.1 Å². The van der Waals surface area contributed by atoms with E-state index in [0.29, 0.717) is 36.6 Å². The molecule has 22 heavy (non-hydrogen) atoms. The Balaban J connectivity index is 2.31. The molecule has 0 aromatic heterocycles. The number of carbonyl (C=O) groups is 1. The molecule has 1 heterocycles. The van der Waals surface area contributed by atoms with Crippen molar-refractivity contribution >= 4 is 27.6 Å². The summed E-state index contributed by atoms with van der Waals surface area (Å²) in [6.07, 6.45) is 0.373. The third kappa shape index (κ3) is 3.98. The second-order valence-electron chi connectivity index (χ2n) is 5.48. The van der Waals surface area contributed by atoms with Crippen molar-refractivity contribution in [3.05, 3.63) is 28.8 Å². The van der Waals surface area contributed by atoms with Gasteiger partial charge in [-0.3, -0.25) is 4.79 Å². The molecule has 8 heteroatoms. The summed E-state index contributed by atoms with van der Waals surface area (Å²) in [4.78, 5) is 11.2. The van der Waals surface area contributed by atoms with Gasteiger partial charge >= 0.3 is 5.97 Å². The molecular formula is C14H18ClNO5S. The first kappa shape index (κ1) is 17.2. The van der Waals surface area contributed by atoms with Crippen LogP contribution in [0.4, 0.5) is 0 Å². The summed E-state index contributed by atoms with van der Waals surface area (Å²) >= 11 is 5.91. The summed E-state index contributed by atoms with van der Waals surface area (Å²) in [5.41, 5.74) is -0.375. The monoisotopic (exact) mass is 347 g/mol. The van der Waals surface area contributed by atoms with E-state index in [1.165, 1.54) is 18.2 Å². The fourth-order valence-electron chi connectivity index (χ4n) is 2.49. The van der Waals surface area contributed by atoms with Crippen LogP contribution in [0.25, 0.3) is 0 Å². The number of sulfonamides is 1. The lowest BCUT2D eigenvalue weighted by atomic mass is 9.88. The van der Waals surface area contributed by atoms with E-state index >= 15 is 0 Å². The maximum atomic E-state index is 12.6. The number of hydrogen-bond acceptors (Lipinski definition) is 4. The smallest absolute Gasteiger partial charge is 0.305 e. The number of ether oxygens (including phenoxy) is 1. The highest BCUT2D eigenvalue weighted by molar-refractivity contribution is 7.89. The van der Waals surface area contributed by atoms with Crippen LogP contribution in [-0.2, 0) is 19.6 Å². The van der Waals surface area contributed by atoms with Gasteiger partial charge in [0.15, 0.2) is 0 Å². The maximum Gasteiger partial charge on any atom is 0.305 e. The van der Waals surface area contributed by atoms with E-state index in [4.69, 9.17) is 21.4 Å². The van der Waals surface area contributed by atoms with Crippen molar-refractivity contribution in [1.82, 2.24) is 4.72 Å². The summed E-state index contributed by atoms with van der Waals surface area (Å²) in [6.45, 7) is 2.37. The molecule has 122 valence electrons. The van der Waals surface area contributed by atoms with Gasteiger partial charge in [0.05, 0.1) is 11.3 Å². The molecule has 0 atom stereocenters. The van der Waals surface area contributed by atoms with Gasteiger partial charge in [-0.1, -0.05) is 11.6 Å². The van der Waals surface area contributed by atoms with Crippen LogP contribution in [-0.4, -0.2) is 38.2 Å². The minimum atomic E-state index is -3.83. The summed E-state index contributed by atoms with van der Waals surface area (Å²) in [5.74, 6) is -1.04. The van der Waals surface area contributed by atoms with Crippen molar-refractivity contribution in [2.24, 2.45) is 0 Å². The van der Waals surface area contributed by atoms with Crippen LogP contribution >= 0.6 is 11.6 Å². The molecule has 1 fully saturated rings. The third-order valence-corrected chi connectivity index (χ3v) is 5.73. The number of nitrogens with one attached hydrogen (secondary N) is 1. The van der Waals surface area contributed by atoms with E-state index in [9.17, 15) is 13.2 Å². The van der Waals surface area contributed by atoms with E-state index in [-0.39, 0.29) is 11.3 Å². The summed E-state index contributed by atoms with van der Waals surface area (Å²) in [7, 11) is -3.83. The van der Waals surface area contributed by atoms with Gasteiger partial charge in [-0.25, -0.2) is 13.1 Å². The number of benzene rings is 1. The quantitative estimate of drug-likeness (QED) is 0.849. The van der Waals surface area contributed by atoms with Gasteiger partial charge < -0.3 is 9.84 Å². The van der Waals surface area contributed by atoms with Crippen molar-refractivity contribution in [3.63, 3.8) is 0 Å². The van der Waals surface area contributed by atoms with Gasteiger partial charge in [-0.05, 0) is 43.5 Å². The molecule has 0 unspecified atom stereocenters. The number of aliphatic carboxylic acids is 1. The zero-order valence-electron chi connectivity index (χ0n) is 12.1. The maximum absolute atomic E-state index is 12.6. The summed E-state index contributed by atoms with van der Waals surface area (Å²) < 4.78 is 32.9. The zero-order valence-corrected chi connectivity index (χ0v) is 13.7. The van der Waals surface area contributed by atoms with E-state index in [1.54, 1.807) is 6.92 Å². The van der Waals surface area contributed by atoms with Crippen LogP contribution in [0.2, 0.25) is 5.02 Å². The van der Waals surface area contributed by atoms with Gasteiger partial charge in [-0.2, -0.15) is 0 Å². The van der Waals surface area contributed by atoms with Gasteiger partial charge in [0.25, 0.3) is 0 Å². The average Bonchev–Trinajstić information content (AvgIpc) is 2.41. The van der Waals surface area contributed by atoms with Crippen LogP contribution in [0.15, 0.2) is 23.1 Å². The lowest BCUT2D eigenvalue weighted by Gasteiger charge is -2.36. The second kappa shape index (κ2) is 6.54. The van der Waals surface area contributed by atoms with Crippen molar-refractivity contribution in [2.45, 2.75) is 36.6 Å². The third-order valence-electron chi connectivity index (χ3n) is 3.73. The van der Waals surface area contributed by atoms with Gasteiger partial charge in [0.2, 0.25) is 10.0 Å². The molecule has 0 amide bonds. The first-order chi connectivity index (χ1) is 10.2. The minimum absolute atomic E-state index is 0.0747. The molecule has 0 bridgehead atoms. The summed E-state index contributed by atoms with van der Waals surface area (Å²) in [6, 6.07) is 4.39. The Morgan fingerprint density at radius 1 is 1.41 bits per heavy atom. The lowest BCUT2D eigenvalue weighted by Crippen LogP contribution is -2.53. The van der Waals surface area contributed by atoms with Crippen LogP contribution in [0.1, 0.15) is 24.8 Å². The van der Waals surface area contributed by atoms with Crippen LogP contribution < -0.4 is 4.72 Å². The Bertz CT molecular complexity index is 668. The van der Waals surface area contributed by atoms with Crippen molar-refractivity contribution in [1.29, 1.82) is 0 Å². The normalized spacial score (nSPS) is 18.1. The van der Waals surface area contributed by atoms with E-state index < -0.39 is 21.5 Å². The number of carboxylic acids is 1. The second-order valence-corrected chi connectivity index (χ2v) is 7.57. The van der Waals surface area contributed by atoms with E-state index in [2.05, 4.69) is 4.72 Å². The molecule has 0 aliphatic carbocycles. The molecular weight excluding hydrogens is 330 g/mol. The van der Waals surface area contributed by atoms with E-state index in [1.807, 2.05) is 0 Å². The Kier molecular flexibility index (Phi) is 5.11. The van der Waals surface area contributed by atoms with Crippen molar-refractivity contribution in [3.8, 4) is 0 Å². The van der Waals surface area contributed by atoms with Crippen LogP contribution in [0.3, 0.4) is 0 Å². The molecule has 2 rings (SSSR count). The molecule has 0 radical (unpaired) electrons. The summed E-state index contributed by atoms with van der Waals surface area (Å²) in [5, 5.41) is 9.56. The first-order valence-electron chi connectivity index (χ1n) is 6.84.